The molecule has 9 heteroatoms. The second kappa shape index (κ2) is 6.89. The summed E-state index contributed by atoms with van der Waals surface area (Å²) in [6.45, 7) is 0. The van der Waals surface area contributed by atoms with Crippen LogP contribution in [0.15, 0.2) is 30.3 Å². The summed E-state index contributed by atoms with van der Waals surface area (Å²) < 4.78 is 89.7. The van der Waals surface area contributed by atoms with E-state index >= 15 is 0 Å². The number of carbonyl (C=O) groups is 2. The minimum Gasteiger partial charge on any atom is -0.289 e. The fourth-order valence-corrected chi connectivity index (χ4v) is 1.50. The van der Waals surface area contributed by atoms with Gasteiger partial charge in [-0.05, 0) is 0 Å². The van der Waals surface area contributed by atoms with Gasteiger partial charge >= 0.3 is 5.92 Å². The van der Waals surface area contributed by atoms with E-state index in [0.29, 0.717) is 0 Å². The number of rotatable bonds is 7. The van der Waals surface area contributed by atoms with E-state index in [1.807, 2.05) is 0 Å². The molecule has 0 spiro atoms. The Kier molecular flexibility index (Phi) is 5.67. The molecule has 3 unspecified atom stereocenters. The van der Waals surface area contributed by atoms with Crippen molar-refractivity contribution in [2.75, 3.05) is 0 Å². The monoisotopic (exact) mass is 330 g/mol. The van der Waals surface area contributed by atoms with Gasteiger partial charge in [-0.1, -0.05) is 30.3 Å². The van der Waals surface area contributed by atoms with Gasteiger partial charge in [0.05, 0.1) is 0 Å². The molecule has 22 heavy (non-hydrogen) atoms. The van der Waals surface area contributed by atoms with E-state index in [1.165, 1.54) is 18.2 Å². The summed E-state index contributed by atoms with van der Waals surface area (Å²) in [6.07, 6.45) is -15.5. The van der Waals surface area contributed by atoms with Crippen molar-refractivity contribution in [3.63, 3.8) is 0 Å². The topological polar surface area (TPSA) is 34.1 Å². The van der Waals surface area contributed by atoms with Gasteiger partial charge in [-0.2, -0.15) is 8.78 Å². The van der Waals surface area contributed by atoms with Crippen molar-refractivity contribution in [1.29, 1.82) is 0 Å². The van der Waals surface area contributed by atoms with Crippen LogP contribution in [0.2, 0.25) is 0 Å². The minimum absolute atomic E-state index is 0.672. The molecule has 1 rings (SSSR count). The number of ketones is 2. The van der Waals surface area contributed by atoms with Gasteiger partial charge in [0.25, 0.3) is 6.43 Å². The van der Waals surface area contributed by atoms with Crippen LogP contribution in [0, 0.1) is 0 Å². The van der Waals surface area contributed by atoms with Gasteiger partial charge in [-0.25, -0.2) is 22.0 Å². The smallest absolute Gasteiger partial charge is 0.289 e. The lowest BCUT2D eigenvalue weighted by Crippen LogP contribution is -2.48. The lowest BCUT2D eigenvalue weighted by Gasteiger charge is -2.20. The van der Waals surface area contributed by atoms with Crippen molar-refractivity contribution in [2.24, 2.45) is 0 Å². The quantitative estimate of drug-likeness (QED) is 0.436. The molecule has 0 amide bonds. The summed E-state index contributed by atoms with van der Waals surface area (Å²) in [5.41, 5.74) is -0.672. The van der Waals surface area contributed by atoms with E-state index in [4.69, 9.17) is 0 Å². The van der Waals surface area contributed by atoms with E-state index in [1.54, 1.807) is 0 Å². The predicted octanol–water partition coefficient (Wildman–Crippen LogP) is 3.35. The van der Waals surface area contributed by atoms with Crippen LogP contribution in [0.4, 0.5) is 30.7 Å². The minimum atomic E-state index is -5.01. The normalized spacial score (nSPS) is 16.2. The lowest BCUT2D eigenvalue weighted by atomic mass is 9.97. The van der Waals surface area contributed by atoms with E-state index in [9.17, 15) is 40.3 Å². The van der Waals surface area contributed by atoms with Crippen LogP contribution in [-0.2, 0) is 4.79 Å². The van der Waals surface area contributed by atoms with Crippen LogP contribution in [0.3, 0.4) is 0 Å². The van der Waals surface area contributed by atoms with Crippen LogP contribution in [0.1, 0.15) is 10.4 Å². The number of Topliss-reactive ketones (excluding diaryl/α,β-unsaturated/α-hetero) is 2. The molecule has 0 radical (unpaired) electrons. The molecular weight excluding hydrogens is 321 g/mol. The molecule has 1 aromatic rings. The number of hydrogen-bond acceptors (Lipinski definition) is 2. The molecule has 0 saturated heterocycles. The Hall–Kier alpha value is -1.93. The zero-order valence-corrected chi connectivity index (χ0v) is 10.7. The van der Waals surface area contributed by atoms with E-state index in [2.05, 4.69) is 0 Å². The molecule has 122 valence electrons. The van der Waals surface area contributed by atoms with E-state index in [0.717, 1.165) is 12.1 Å². The largest absolute Gasteiger partial charge is 0.369 e. The molecule has 0 heterocycles. The number of halogens is 7. The Labute approximate surface area is 119 Å². The molecule has 0 aliphatic carbocycles. The van der Waals surface area contributed by atoms with Gasteiger partial charge in [0.15, 0.2) is 18.5 Å². The van der Waals surface area contributed by atoms with E-state index in [-0.39, 0.29) is 0 Å². The number of benzene rings is 1. The summed E-state index contributed by atoms with van der Waals surface area (Å²) in [6, 6.07) is 5.49. The molecule has 0 aliphatic heterocycles. The fraction of sp³-hybridized carbons (Fsp3) is 0.385. The van der Waals surface area contributed by atoms with E-state index < -0.39 is 48.0 Å². The molecule has 0 saturated carbocycles. The maximum Gasteiger partial charge on any atom is 0.369 e. The fourth-order valence-electron chi connectivity index (χ4n) is 1.50. The Morgan fingerprint density at radius 3 is 1.82 bits per heavy atom. The van der Waals surface area contributed by atoms with Gasteiger partial charge in [0.1, 0.15) is 0 Å². The van der Waals surface area contributed by atoms with Crippen molar-refractivity contribution in [2.45, 2.75) is 30.9 Å². The molecular formula is C13H9F7O2. The van der Waals surface area contributed by atoms with Crippen molar-refractivity contribution >= 4 is 11.6 Å². The SMILES string of the molecule is O=C(c1ccccc1)C(F)(F)C(=O)C(F)C(F)C(F)C(F)F. The third kappa shape index (κ3) is 3.63. The summed E-state index contributed by atoms with van der Waals surface area (Å²) in [7, 11) is 0. The maximum atomic E-state index is 13.6. The van der Waals surface area contributed by atoms with Gasteiger partial charge in [-0.15, -0.1) is 0 Å². The van der Waals surface area contributed by atoms with Gasteiger partial charge in [0, 0.05) is 5.56 Å². The zero-order valence-electron chi connectivity index (χ0n) is 10.7. The number of carbonyl (C=O) groups excluding carboxylic acids is 2. The molecule has 0 bridgehead atoms. The average molecular weight is 330 g/mol. The average Bonchev–Trinajstić information content (AvgIpc) is 2.51. The summed E-state index contributed by atoms with van der Waals surface area (Å²) in [4.78, 5) is 22.6. The van der Waals surface area contributed by atoms with Crippen LogP contribution >= 0.6 is 0 Å². The Bertz CT molecular complexity index is 532. The molecule has 1 aromatic carbocycles. The second-order valence-corrected chi connectivity index (χ2v) is 4.26. The summed E-state index contributed by atoms with van der Waals surface area (Å²) in [5, 5.41) is 0. The summed E-state index contributed by atoms with van der Waals surface area (Å²) in [5.74, 6) is -10.1. The molecule has 0 aromatic heterocycles. The highest BCUT2D eigenvalue weighted by molar-refractivity contribution is 6.17. The highest BCUT2D eigenvalue weighted by atomic mass is 19.3. The van der Waals surface area contributed by atoms with Crippen molar-refractivity contribution in [1.82, 2.24) is 0 Å². The van der Waals surface area contributed by atoms with Gasteiger partial charge in [-0.3, -0.25) is 9.59 Å². The Balaban J connectivity index is 2.97. The number of hydrogen-bond donors (Lipinski definition) is 0. The van der Waals surface area contributed by atoms with Crippen LogP contribution in [0.25, 0.3) is 0 Å². The van der Waals surface area contributed by atoms with Crippen molar-refractivity contribution in [3.8, 4) is 0 Å². The zero-order chi connectivity index (χ0) is 17.1. The van der Waals surface area contributed by atoms with Crippen LogP contribution < -0.4 is 0 Å². The van der Waals surface area contributed by atoms with Crippen molar-refractivity contribution in [3.05, 3.63) is 35.9 Å². The summed E-state index contributed by atoms with van der Waals surface area (Å²) >= 11 is 0. The molecule has 0 N–H and O–H groups in total. The molecule has 0 aliphatic rings. The first kappa shape index (κ1) is 18.1. The van der Waals surface area contributed by atoms with Crippen molar-refractivity contribution < 1.29 is 40.3 Å². The molecule has 0 fully saturated rings. The standard InChI is InChI=1S/C13H9F7O2/c14-7(9(16)12(17)18)8(15)11(22)13(19,20)10(21)6-4-2-1-3-5-6/h1-5,7-9,12H. The first-order valence-electron chi connectivity index (χ1n) is 5.83. The number of alkyl halides is 7. The third-order valence-electron chi connectivity index (χ3n) is 2.71. The predicted molar refractivity (Wildman–Crippen MR) is 61.4 cm³/mol. The highest BCUT2D eigenvalue weighted by Crippen LogP contribution is 2.28. The first-order valence-corrected chi connectivity index (χ1v) is 5.83. The second-order valence-electron chi connectivity index (χ2n) is 4.26. The maximum absolute atomic E-state index is 13.6. The van der Waals surface area contributed by atoms with Crippen LogP contribution in [0.5, 0.6) is 0 Å². The van der Waals surface area contributed by atoms with Crippen LogP contribution in [-0.4, -0.2) is 42.4 Å². The third-order valence-corrected chi connectivity index (χ3v) is 2.71. The van der Waals surface area contributed by atoms with Gasteiger partial charge < -0.3 is 0 Å². The molecule has 3 atom stereocenters. The Morgan fingerprint density at radius 1 is 0.864 bits per heavy atom. The molecule has 2 nitrogen and oxygen atoms in total. The first-order chi connectivity index (χ1) is 10.1. The van der Waals surface area contributed by atoms with Gasteiger partial charge in [0.2, 0.25) is 11.6 Å². The Morgan fingerprint density at radius 2 is 1.36 bits per heavy atom. The highest BCUT2D eigenvalue weighted by Gasteiger charge is 2.54. The lowest BCUT2D eigenvalue weighted by molar-refractivity contribution is -0.147.